The van der Waals surface area contributed by atoms with E-state index in [-0.39, 0.29) is 23.8 Å². The van der Waals surface area contributed by atoms with Crippen LogP contribution in [0.15, 0.2) is 29.2 Å². The molecule has 3 heteroatoms. The van der Waals surface area contributed by atoms with Crippen molar-refractivity contribution >= 4 is 17.5 Å². The normalized spacial score (nSPS) is 9.20. The number of ketones is 1. The number of carbonyl (C=O) groups excluding carboxylic acids is 1. The lowest BCUT2D eigenvalue weighted by molar-refractivity contribution is -0.115. The summed E-state index contributed by atoms with van der Waals surface area (Å²) in [6.07, 6.45) is 0.248. The van der Waals surface area contributed by atoms with Gasteiger partial charge in [0.1, 0.15) is 5.82 Å². The van der Waals surface area contributed by atoms with Crippen molar-refractivity contribution in [2.45, 2.75) is 18.2 Å². The minimum Gasteiger partial charge on any atom is -0.298 e. The van der Waals surface area contributed by atoms with E-state index in [0.717, 1.165) is 0 Å². The number of benzene rings is 1. The number of thioether (sulfide) groups is 1. The Morgan fingerprint density at radius 1 is 1.47 bits per heavy atom. The molecule has 0 aliphatic rings. The first-order chi connectivity index (χ1) is 7.24. The van der Waals surface area contributed by atoms with Crippen molar-refractivity contribution in [1.29, 1.82) is 0 Å². The zero-order valence-corrected chi connectivity index (χ0v) is 9.23. The van der Waals surface area contributed by atoms with Gasteiger partial charge in [0.05, 0.1) is 12.2 Å². The quantitative estimate of drug-likeness (QED) is 0.575. The maximum absolute atomic E-state index is 13.1. The van der Waals surface area contributed by atoms with Gasteiger partial charge in [-0.15, -0.1) is 17.7 Å². The molecule has 1 rings (SSSR count). The van der Waals surface area contributed by atoms with Gasteiger partial charge in [-0.1, -0.05) is 18.1 Å². The van der Waals surface area contributed by atoms with E-state index < -0.39 is 0 Å². The fourth-order valence-corrected chi connectivity index (χ4v) is 1.76. The van der Waals surface area contributed by atoms with E-state index in [1.807, 2.05) is 0 Å². The molecule has 0 spiro atoms. The molecular formula is C12H11FOS. The molecule has 0 saturated heterocycles. The van der Waals surface area contributed by atoms with Gasteiger partial charge in [-0.2, -0.15) is 0 Å². The highest BCUT2D eigenvalue weighted by Crippen LogP contribution is 2.21. The molecule has 0 aliphatic carbocycles. The summed E-state index contributed by atoms with van der Waals surface area (Å²) in [5.41, 5.74) is 0. The number of hydrogen-bond acceptors (Lipinski definition) is 2. The predicted molar refractivity (Wildman–Crippen MR) is 60.2 cm³/mol. The molecule has 1 nitrogen and oxygen atoms in total. The summed E-state index contributed by atoms with van der Waals surface area (Å²) in [6.45, 7) is 1.69. The van der Waals surface area contributed by atoms with Gasteiger partial charge in [0.25, 0.3) is 0 Å². The van der Waals surface area contributed by atoms with Crippen LogP contribution in [0.1, 0.15) is 13.3 Å². The Kier molecular flexibility index (Phi) is 4.92. The minimum atomic E-state index is -0.281. The molecular weight excluding hydrogens is 211 g/mol. The summed E-state index contributed by atoms with van der Waals surface area (Å²) in [4.78, 5) is 11.8. The molecule has 0 radical (unpaired) electrons. The molecule has 0 aliphatic heterocycles. The van der Waals surface area contributed by atoms with E-state index in [4.69, 9.17) is 0 Å². The SMILES string of the molecule is CC#CCC(=O)CSc1ccccc1F. The van der Waals surface area contributed by atoms with Crippen LogP contribution in [0.25, 0.3) is 0 Å². The molecule has 78 valence electrons. The zero-order chi connectivity index (χ0) is 11.1. The Bertz CT molecular complexity index is 404. The Hall–Kier alpha value is -1.27. The van der Waals surface area contributed by atoms with Crippen molar-refractivity contribution in [1.82, 2.24) is 0 Å². The number of halogens is 1. The maximum Gasteiger partial charge on any atom is 0.154 e. The van der Waals surface area contributed by atoms with Gasteiger partial charge in [0.2, 0.25) is 0 Å². The fourth-order valence-electron chi connectivity index (χ4n) is 0.958. The monoisotopic (exact) mass is 222 g/mol. The molecule has 0 unspecified atom stereocenters. The van der Waals surface area contributed by atoms with Gasteiger partial charge in [0.15, 0.2) is 5.78 Å². The van der Waals surface area contributed by atoms with Crippen LogP contribution in [0.4, 0.5) is 4.39 Å². The molecule has 0 aromatic heterocycles. The van der Waals surface area contributed by atoms with E-state index in [0.29, 0.717) is 4.90 Å². The van der Waals surface area contributed by atoms with Crippen LogP contribution in [0, 0.1) is 17.7 Å². The van der Waals surface area contributed by atoms with Crippen molar-refractivity contribution in [3.63, 3.8) is 0 Å². The second-order valence-electron chi connectivity index (χ2n) is 2.86. The molecule has 0 amide bonds. The first kappa shape index (κ1) is 11.8. The Labute approximate surface area is 93.1 Å². The summed E-state index contributed by atoms with van der Waals surface area (Å²) in [5.74, 6) is 5.36. The van der Waals surface area contributed by atoms with Crippen molar-refractivity contribution in [3.05, 3.63) is 30.1 Å². The van der Waals surface area contributed by atoms with Crippen LogP contribution in [-0.4, -0.2) is 11.5 Å². The lowest BCUT2D eigenvalue weighted by Crippen LogP contribution is -1.99. The third kappa shape index (κ3) is 4.18. The van der Waals surface area contributed by atoms with Gasteiger partial charge in [0, 0.05) is 4.90 Å². The van der Waals surface area contributed by atoms with E-state index >= 15 is 0 Å². The predicted octanol–water partition coefficient (Wildman–Crippen LogP) is 2.90. The molecule has 0 fully saturated rings. The average molecular weight is 222 g/mol. The van der Waals surface area contributed by atoms with Crippen LogP contribution in [0.2, 0.25) is 0 Å². The highest BCUT2D eigenvalue weighted by atomic mass is 32.2. The van der Waals surface area contributed by atoms with Crippen LogP contribution >= 0.6 is 11.8 Å². The number of carbonyl (C=O) groups is 1. The standard InChI is InChI=1S/C12H11FOS/c1-2-3-6-10(14)9-15-12-8-5-4-7-11(12)13/h4-5,7-8H,6,9H2,1H3. The summed E-state index contributed by atoms with van der Waals surface area (Å²) < 4.78 is 13.1. The van der Waals surface area contributed by atoms with Crippen molar-refractivity contribution < 1.29 is 9.18 Å². The second kappa shape index (κ2) is 6.26. The smallest absolute Gasteiger partial charge is 0.154 e. The van der Waals surface area contributed by atoms with E-state index in [2.05, 4.69) is 11.8 Å². The van der Waals surface area contributed by atoms with Crippen molar-refractivity contribution in [2.24, 2.45) is 0 Å². The number of rotatable bonds is 4. The Balaban J connectivity index is 2.46. The van der Waals surface area contributed by atoms with E-state index in [9.17, 15) is 9.18 Å². The molecule has 0 bridgehead atoms. The molecule has 0 saturated carbocycles. The maximum atomic E-state index is 13.1. The van der Waals surface area contributed by atoms with Gasteiger partial charge in [-0.3, -0.25) is 4.79 Å². The minimum absolute atomic E-state index is 0.0256. The van der Waals surface area contributed by atoms with Gasteiger partial charge in [-0.25, -0.2) is 4.39 Å². The lowest BCUT2D eigenvalue weighted by atomic mass is 10.3. The third-order valence-corrected chi connectivity index (χ3v) is 2.80. The van der Waals surface area contributed by atoms with E-state index in [1.54, 1.807) is 25.1 Å². The number of hydrogen-bond donors (Lipinski definition) is 0. The van der Waals surface area contributed by atoms with Gasteiger partial charge < -0.3 is 0 Å². The van der Waals surface area contributed by atoms with Crippen LogP contribution in [0.3, 0.4) is 0 Å². The van der Waals surface area contributed by atoms with Crippen LogP contribution in [-0.2, 0) is 4.79 Å². The van der Waals surface area contributed by atoms with Crippen LogP contribution in [0.5, 0.6) is 0 Å². The summed E-state index contributed by atoms with van der Waals surface area (Å²) >= 11 is 1.21. The molecule has 0 atom stereocenters. The van der Waals surface area contributed by atoms with Crippen molar-refractivity contribution in [2.75, 3.05) is 5.75 Å². The molecule has 15 heavy (non-hydrogen) atoms. The average Bonchev–Trinajstić information content (AvgIpc) is 2.25. The zero-order valence-electron chi connectivity index (χ0n) is 8.42. The molecule has 1 aromatic rings. The van der Waals surface area contributed by atoms with Gasteiger partial charge in [-0.05, 0) is 19.1 Å². The first-order valence-corrected chi connectivity index (χ1v) is 5.51. The summed E-state index contributed by atoms with van der Waals surface area (Å²) in [5, 5.41) is 0. The Morgan fingerprint density at radius 2 is 2.20 bits per heavy atom. The fraction of sp³-hybridized carbons (Fsp3) is 0.250. The van der Waals surface area contributed by atoms with E-state index in [1.165, 1.54) is 17.8 Å². The van der Waals surface area contributed by atoms with Crippen molar-refractivity contribution in [3.8, 4) is 11.8 Å². The molecule has 0 heterocycles. The molecule has 1 aromatic carbocycles. The summed E-state index contributed by atoms with van der Waals surface area (Å²) in [6, 6.07) is 6.43. The topological polar surface area (TPSA) is 17.1 Å². The lowest BCUT2D eigenvalue weighted by Gasteiger charge is -2.00. The third-order valence-electron chi connectivity index (χ3n) is 1.69. The van der Waals surface area contributed by atoms with Gasteiger partial charge >= 0.3 is 0 Å². The first-order valence-electron chi connectivity index (χ1n) is 4.52. The summed E-state index contributed by atoms with van der Waals surface area (Å²) in [7, 11) is 0. The Morgan fingerprint density at radius 3 is 2.87 bits per heavy atom. The molecule has 0 N–H and O–H groups in total. The van der Waals surface area contributed by atoms with Crippen LogP contribution < -0.4 is 0 Å². The highest BCUT2D eigenvalue weighted by Gasteiger charge is 2.04. The second-order valence-corrected chi connectivity index (χ2v) is 3.88. The largest absolute Gasteiger partial charge is 0.298 e. The number of Topliss-reactive ketones (excluding diaryl/α,β-unsaturated/α-hetero) is 1. The highest BCUT2D eigenvalue weighted by molar-refractivity contribution is 8.00.